The molecule has 3 nitrogen and oxygen atoms in total. The van der Waals surface area contributed by atoms with Crippen LogP contribution in [-0.4, -0.2) is 36.6 Å². The average molecular weight is 221 g/mol. The summed E-state index contributed by atoms with van der Waals surface area (Å²) in [6, 6.07) is 4.72. The van der Waals surface area contributed by atoms with E-state index in [0.717, 1.165) is 5.92 Å². The predicted octanol–water partition coefficient (Wildman–Crippen LogP) is 2.01. The van der Waals surface area contributed by atoms with Crippen molar-refractivity contribution in [2.75, 3.05) is 26.7 Å². The Balaban J connectivity index is 1.84. The molecule has 0 aromatic carbocycles. The minimum atomic E-state index is 0.483. The van der Waals surface area contributed by atoms with E-state index in [1.54, 1.807) is 0 Å². The third-order valence-corrected chi connectivity index (χ3v) is 3.68. The van der Waals surface area contributed by atoms with Crippen LogP contribution in [0.15, 0.2) is 18.3 Å². The molecular weight excluding hydrogens is 198 g/mol. The maximum atomic E-state index is 3.48. The highest BCUT2D eigenvalue weighted by atomic mass is 15.1. The van der Waals surface area contributed by atoms with Gasteiger partial charge in [-0.05, 0) is 58.0 Å². The fourth-order valence-electron chi connectivity index (χ4n) is 2.49. The fraction of sp³-hybridized carbons (Fsp3) is 0.692. The normalized spacial score (nSPS) is 23.6. The molecule has 1 fully saturated rings. The van der Waals surface area contributed by atoms with Gasteiger partial charge in [0.25, 0.3) is 0 Å². The predicted molar refractivity (Wildman–Crippen MR) is 67.4 cm³/mol. The van der Waals surface area contributed by atoms with Crippen molar-refractivity contribution in [2.24, 2.45) is 5.92 Å². The number of aromatic amines is 1. The third-order valence-electron chi connectivity index (χ3n) is 3.68. The molecule has 0 aliphatic carbocycles. The van der Waals surface area contributed by atoms with E-state index in [1.807, 2.05) is 6.20 Å². The van der Waals surface area contributed by atoms with Crippen molar-refractivity contribution < 1.29 is 0 Å². The van der Waals surface area contributed by atoms with E-state index in [0.29, 0.717) is 6.04 Å². The van der Waals surface area contributed by atoms with Crippen LogP contribution >= 0.6 is 0 Å². The van der Waals surface area contributed by atoms with Gasteiger partial charge < -0.3 is 10.3 Å². The molecule has 0 radical (unpaired) electrons. The molecule has 1 aromatic heterocycles. The zero-order chi connectivity index (χ0) is 11.4. The molecule has 0 bridgehead atoms. The Bertz CT molecular complexity index is 288. The first-order valence-electron chi connectivity index (χ1n) is 6.31. The van der Waals surface area contributed by atoms with E-state index < -0.39 is 0 Å². The summed E-state index contributed by atoms with van der Waals surface area (Å²) in [7, 11) is 2.22. The molecule has 0 spiro atoms. The number of nitrogens with one attached hydrogen (secondary N) is 2. The van der Waals surface area contributed by atoms with Gasteiger partial charge in [0.2, 0.25) is 0 Å². The number of hydrogen-bond acceptors (Lipinski definition) is 2. The quantitative estimate of drug-likeness (QED) is 0.815. The van der Waals surface area contributed by atoms with Crippen molar-refractivity contribution in [3.8, 4) is 0 Å². The lowest BCUT2D eigenvalue weighted by Crippen LogP contribution is -2.37. The van der Waals surface area contributed by atoms with E-state index in [-0.39, 0.29) is 0 Å². The summed E-state index contributed by atoms with van der Waals surface area (Å²) in [6.45, 7) is 5.84. The standard InChI is InChI=1S/C13H23N3/c1-11(13-6-4-8-15-13)16(2)10-12-5-3-7-14-9-12/h4,6,8,11-12,14-15H,3,5,7,9-10H2,1-2H3/t11-,12-/m1/s1. The molecule has 16 heavy (non-hydrogen) atoms. The van der Waals surface area contributed by atoms with E-state index >= 15 is 0 Å². The minimum absolute atomic E-state index is 0.483. The van der Waals surface area contributed by atoms with Crippen molar-refractivity contribution in [2.45, 2.75) is 25.8 Å². The Hall–Kier alpha value is -0.800. The number of aromatic nitrogens is 1. The van der Waals surface area contributed by atoms with Crippen molar-refractivity contribution >= 4 is 0 Å². The van der Waals surface area contributed by atoms with Crippen molar-refractivity contribution in [1.29, 1.82) is 0 Å². The molecule has 1 aliphatic rings. The number of H-pyrrole nitrogens is 1. The van der Waals surface area contributed by atoms with Gasteiger partial charge in [-0.15, -0.1) is 0 Å². The summed E-state index contributed by atoms with van der Waals surface area (Å²) >= 11 is 0. The molecule has 2 rings (SSSR count). The van der Waals surface area contributed by atoms with Crippen molar-refractivity contribution in [1.82, 2.24) is 15.2 Å². The van der Waals surface area contributed by atoms with Crippen LogP contribution in [0.25, 0.3) is 0 Å². The number of rotatable bonds is 4. The summed E-state index contributed by atoms with van der Waals surface area (Å²) in [5.41, 5.74) is 1.31. The van der Waals surface area contributed by atoms with Crippen molar-refractivity contribution in [3.05, 3.63) is 24.0 Å². The lowest BCUT2D eigenvalue weighted by atomic mass is 9.98. The van der Waals surface area contributed by atoms with Crippen LogP contribution < -0.4 is 5.32 Å². The first-order valence-corrected chi connectivity index (χ1v) is 6.31. The monoisotopic (exact) mass is 221 g/mol. The Morgan fingerprint density at radius 1 is 1.56 bits per heavy atom. The van der Waals surface area contributed by atoms with E-state index in [2.05, 4.69) is 41.3 Å². The zero-order valence-electron chi connectivity index (χ0n) is 10.4. The summed E-state index contributed by atoms with van der Waals surface area (Å²) < 4.78 is 0. The summed E-state index contributed by atoms with van der Waals surface area (Å²) in [6.07, 6.45) is 4.70. The van der Waals surface area contributed by atoms with E-state index in [1.165, 1.54) is 38.2 Å². The highest BCUT2D eigenvalue weighted by Gasteiger charge is 2.18. The van der Waals surface area contributed by atoms with Gasteiger partial charge in [0.05, 0.1) is 0 Å². The highest BCUT2D eigenvalue weighted by molar-refractivity contribution is 5.08. The smallest absolute Gasteiger partial charge is 0.0467 e. The van der Waals surface area contributed by atoms with Crippen molar-refractivity contribution in [3.63, 3.8) is 0 Å². The maximum Gasteiger partial charge on any atom is 0.0467 e. The average Bonchev–Trinajstić information content (AvgIpc) is 2.83. The summed E-state index contributed by atoms with van der Waals surface area (Å²) in [5.74, 6) is 0.816. The largest absolute Gasteiger partial charge is 0.364 e. The lowest BCUT2D eigenvalue weighted by Gasteiger charge is -2.31. The van der Waals surface area contributed by atoms with Crippen LogP contribution in [0, 0.1) is 5.92 Å². The summed E-state index contributed by atoms with van der Waals surface area (Å²) in [4.78, 5) is 5.75. The second kappa shape index (κ2) is 5.51. The van der Waals surface area contributed by atoms with Crippen LogP contribution in [0.4, 0.5) is 0 Å². The number of hydrogen-bond donors (Lipinski definition) is 2. The molecule has 1 aromatic rings. The molecule has 0 amide bonds. The van der Waals surface area contributed by atoms with Gasteiger partial charge in [-0.3, -0.25) is 4.90 Å². The zero-order valence-corrected chi connectivity index (χ0v) is 10.4. The van der Waals surface area contributed by atoms with Gasteiger partial charge in [0, 0.05) is 24.5 Å². The maximum absolute atomic E-state index is 3.48. The Morgan fingerprint density at radius 2 is 2.44 bits per heavy atom. The van der Waals surface area contributed by atoms with Gasteiger partial charge in [-0.25, -0.2) is 0 Å². The first kappa shape index (κ1) is 11.7. The molecule has 1 aliphatic heterocycles. The number of nitrogens with zero attached hydrogens (tertiary/aromatic N) is 1. The summed E-state index contributed by atoms with van der Waals surface area (Å²) in [5, 5.41) is 3.48. The minimum Gasteiger partial charge on any atom is -0.364 e. The first-order chi connectivity index (χ1) is 7.77. The molecule has 0 saturated carbocycles. The van der Waals surface area contributed by atoms with Gasteiger partial charge in [0.1, 0.15) is 0 Å². The van der Waals surface area contributed by atoms with Crippen LogP contribution in [-0.2, 0) is 0 Å². The Kier molecular flexibility index (Phi) is 4.02. The van der Waals surface area contributed by atoms with E-state index in [9.17, 15) is 0 Å². The molecule has 2 atom stereocenters. The van der Waals surface area contributed by atoms with Crippen LogP contribution in [0.5, 0.6) is 0 Å². The topological polar surface area (TPSA) is 31.1 Å². The van der Waals surface area contributed by atoms with Gasteiger partial charge >= 0.3 is 0 Å². The molecule has 0 unspecified atom stereocenters. The SMILES string of the molecule is C[C@H](c1ccc[nH]1)N(C)C[C@@H]1CCCNC1. The van der Waals surface area contributed by atoms with Crippen LogP contribution in [0.3, 0.4) is 0 Å². The molecule has 2 heterocycles. The molecule has 3 heteroatoms. The van der Waals surface area contributed by atoms with E-state index in [4.69, 9.17) is 0 Å². The molecule has 90 valence electrons. The number of piperidine rings is 1. The third kappa shape index (κ3) is 2.86. The highest BCUT2D eigenvalue weighted by Crippen LogP contribution is 2.19. The molecular formula is C13H23N3. The van der Waals surface area contributed by atoms with Gasteiger partial charge in [0.15, 0.2) is 0 Å². The Labute approximate surface area is 98.2 Å². The van der Waals surface area contributed by atoms with Crippen LogP contribution in [0.2, 0.25) is 0 Å². The second-order valence-corrected chi connectivity index (χ2v) is 4.95. The van der Waals surface area contributed by atoms with Gasteiger partial charge in [-0.2, -0.15) is 0 Å². The molecule has 2 N–H and O–H groups in total. The van der Waals surface area contributed by atoms with Gasteiger partial charge in [-0.1, -0.05) is 0 Å². The molecule has 1 saturated heterocycles. The Morgan fingerprint density at radius 3 is 3.06 bits per heavy atom. The second-order valence-electron chi connectivity index (χ2n) is 4.95. The van der Waals surface area contributed by atoms with Crippen LogP contribution in [0.1, 0.15) is 31.5 Å². The fourth-order valence-corrected chi connectivity index (χ4v) is 2.49. The lowest BCUT2D eigenvalue weighted by molar-refractivity contribution is 0.197.